The quantitative estimate of drug-likeness (QED) is 0.296. The first-order valence-electron chi connectivity index (χ1n) is 13.4. The zero-order valence-corrected chi connectivity index (χ0v) is 26.3. The highest BCUT2D eigenvalue weighted by Crippen LogP contribution is 2.39. The summed E-state index contributed by atoms with van der Waals surface area (Å²) < 4.78 is 60.5. The monoisotopic (exact) mass is 550 g/mol. The highest BCUT2D eigenvalue weighted by atomic mass is 32.3. The fraction of sp³-hybridized carbons (Fsp3) is 0.600. The van der Waals surface area contributed by atoms with E-state index in [2.05, 4.69) is 0 Å². The molecule has 0 atom stereocenters. The zero-order valence-electron chi connectivity index (χ0n) is 24.6. The van der Waals surface area contributed by atoms with Crippen molar-refractivity contribution in [1.29, 1.82) is 0 Å². The summed E-state index contributed by atoms with van der Waals surface area (Å²) in [6.45, 7) is 23.7. The van der Waals surface area contributed by atoms with E-state index < -0.39 is 20.2 Å². The molecular formula is C30H46O5S2. The predicted molar refractivity (Wildman–Crippen MR) is 153 cm³/mol. The molecule has 0 heterocycles. The van der Waals surface area contributed by atoms with Gasteiger partial charge in [-0.05, 0) is 81.0 Å². The number of hydrogen-bond acceptors (Lipinski definition) is 5. The van der Waals surface area contributed by atoms with Gasteiger partial charge in [-0.1, -0.05) is 95.2 Å². The van der Waals surface area contributed by atoms with Gasteiger partial charge < -0.3 is 0 Å². The van der Waals surface area contributed by atoms with Gasteiger partial charge in [0.2, 0.25) is 0 Å². The Kier molecular flexibility index (Phi) is 9.87. The fourth-order valence-corrected chi connectivity index (χ4v) is 8.14. The van der Waals surface area contributed by atoms with Crippen molar-refractivity contribution in [3.63, 3.8) is 0 Å². The molecule has 208 valence electrons. The van der Waals surface area contributed by atoms with Gasteiger partial charge in [0.1, 0.15) is 0 Å². The molecule has 0 aliphatic carbocycles. The summed E-state index contributed by atoms with van der Waals surface area (Å²) in [6.07, 6.45) is 0. The van der Waals surface area contributed by atoms with Crippen molar-refractivity contribution in [1.82, 2.24) is 0 Å². The van der Waals surface area contributed by atoms with Gasteiger partial charge >= 0.3 is 20.2 Å². The topological polar surface area (TPSA) is 77.5 Å². The van der Waals surface area contributed by atoms with Crippen molar-refractivity contribution < 1.29 is 20.5 Å². The van der Waals surface area contributed by atoms with Crippen LogP contribution in [0.2, 0.25) is 0 Å². The van der Waals surface area contributed by atoms with Gasteiger partial charge in [-0.25, -0.2) is 0 Å². The Labute approximate surface area is 226 Å². The van der Waals surface area contributed by atoms with Gasteiger partial charge in [-0.3, -0.25) is 0 Å². The van der Waals surface area contributed by atoms with Crippen LogP contribution in [0.25, 0.3) is 0 Å². The van der Waals surface area contributed by atoms with Crippen molar-refractivity contribution >= 4 is 20.2 Å². The number of benzene rings is 2. The summed E-state index contributed by atoms with van der Waals surface area (Å²) in [7, 11) is -9.30. The highest BCUT2D eigenvalue weighted by molar-refractivity contribution is 8.00. The summed E-state index contributed by atoms with van der Waals surface area (Å²) in [5, 5.41) is 0. The molecule has 5 nitrogen and oxygen atoms in total. The van der Waals surface area contributed by atoms with Crippen LogP contribution in [0.1, 0.15) is 152 Å². The second-order valence-corrected chi connectivity index (χ2v) is 15.2. The number of rotatable bonds is 10. The molecule has 0 aliphatic rings. The molecule has 2 aromatic carbocycles. The summed E-state index contributed by atoms with van der Waals surface area (Å²) in [5.74, 6) is -0.0345. The van der Waals surface area contributed by atoms with E-state index in [0.717, 1.165) is 22.3 Å². The molecule has 0 saturated carbocycles. The molecule has 0 N–H and O–H groups in total. The third kappa shape index (κ3) is 6.85. The first kappa shape index (κ1) is 31.5. The Morgan fingerprint density at radius 3 is 0.973 bits per heavy atom. The minimum Gasteiger partial charge on any atom is -0.193 e. The van der Waals surface area contributed by atoms with Gasteiger partial charge in [0, 0.05) is 0 Å². The van der Waals surface area contributed by atoms with Crippen LogP contribution in [0.3, 0.4) is 0 Å². The molecule has 0 aromatic heterocycles. The van der Waals surface area contributed by atoms with E-state index >= 15 is 0 Å². The second kappa shape index (κ2) is 11.6. The average Bonchev–Trinajstić information content (AvgIpc) is 2.75. The van der Waals surface area contributed by atoms with E-state index in [0.29, 0.717) is 11.1 Å². The lowest BCUT2D eigenvalue weighted by molar-refractivity contribution is 0.459. The molecule has 0 radical (unpaired) electrons. The molecule has 2 rings (SSSR count). The molecular weight excluding hydrogens is 504 g/mol. The van der Waals surface area contributed by atoms with Gasteiger partial charge in [0.25, 0.3) is 0 Å². The lowest BCUT2D eigenvalue weighted by Crippen LogP contribution is -2.20. The largest absolute Gasteiger partial charge is 0.312 e. The normalized spacial score (nSPS) is 13.2. The Hall–Kier alpha value is -1.70. The van der Waals surface area contributed by atoms with Crippen LogP contribution in [0.5, 0.6) is 0 Å². The maximum absolute atomic E-state index is 13.8. The van der Waals surface area contributed by atoms with Crippen molar-refractivity contribution in [2.75, 3.05) is 0 Å². The standard InChI is InChI=1S/C30H46O5S2/c1-17(2)23-13-25(19(5)6)29(21(9)10)27(15-23)36(31,32)35-37(33,34)28-16-24(18(3)4)14-26(20(7)8)30(28)22(11)12/h13-22H,1-12H3. The van der Waals surface area contributed by atoms with Crippen molar-refractivity contribution in [3.8, 4) is 0 Å². The van der Waals surface area contributed by atoms with Crippen LogP contribution in [0.4, 0.5) is 0 Å². The third-order valence-electron chi connectivity index (χ3n) is 6.84. The summed E-state index contributed by atoms with van der Waals surface area (Å²) in [4.78, 5) is -0.118. The molecule has 0 unspecified atom stereocenters. The molecule has 37 heavy (non-hydrogen) atoms. The smallest absolute Gasteiger partial charge is 0.193 e. The van der Waals surface area contributed by atoms with Crippen LogP contribution >= 0.6 is 0 Å². The van der Waals surface area contributed by atoms with Gasteiger partial charge in [0.05, 0.1) is 9.79 Å². The Morgan fingerprint density at radius 1 is 0.459 bits per heavy atom. The van der Waals surface area contributed by atoms with E-state index in [9.17, 15) is 16.8 Å². The second-order valence-electron chi connectivity index (χ2n) is 11.9. The molecule has 0 amide bonds. The Balaban J connectivity index is 2.87. The molecule has 0 bridgehead atoms. The van der Waals surface area contributed by atoms with E-state index in [-0.39, 0.29) is 45.3 Å². The summed E-state index contributed by atoms with van der Waals surface area (Å²) in [5.41, 5.74) is 4.67. The van der Waals surface area contributed by atoms with Crippen LogP contribution in [0, 0.1) is 0 Å². The van der Waals surface area contributed by atoms with Gasteiger partial charge in [0.15, 0.2) is 0 Å². The van der Waals surface area contributed by atoms with E-state index in [1.54, 1.807) is 12.1 Å². The molecule has 2 aromatic rings. The third-order valence-corrected chi connectivity index (χ3v) is 10.0. The summed E-state index contributed by atoms with van der Waals surface area (Å²) >= 11 is 0. The van der Waals surface area contributed by atoms with Gasteiger partial charge in [-0.2, -0.15) is 16.8 Å². The lowest BCUT2D eigenvalue weighted by Gasteiger charge is -2.24. The zero-order chi connectivity index (χ0) is 28.6. The SMILES string of the molecule is CC(C)c1cc(C(C)C)c(C(C)C)c(S(=O)(=O)OS(=O)(=O)c2cc(C(C)C)cc(C(C)C)c2C(C)C)c1. The van der Waals surface area contributed by atoms with Crippen LogP contribution in [-0.2, 0) is 23.9 Å². The minimum atomic E-state index is -4.65. The lowest BCUT2D eigenvalue weighted by atomic mass is 9.87. The maximum Gasteiger partial charge on any atom is 0.312 e. The van der Waals surface area contributed by atoms with Gasteiger partial charge in [-0.15, -0.1) is 3.63 Å². The first-order chi connectivity index (χ1) is 16.8. The van der Waals surface area contributed by atoms with E-state index in [1.165, 1.54) is 0 Å². The molecule has 0 aliphatic heterocycles. The molecule has 0 fully saturated rings. The van der Waals surface area contributed by atoms with Crippen molar-refractivity contribution in [2.45, 2.75) is 128 Å². The van der Waals surface area contributed by atoms with E-state index in [4.69, 9.17) is 3.63 Å². The highest BCUT2D eigenvalue weighted by Gasteiger charge is 2.34. The fourth-order valence-electron chi connectivity index (χ4n) is 4.80. The van der Waals surface area contributed by atoms with Crippen LogP contribution in [0.15, 0.2) is 34.1 Å². The van der Waals surface area contributed by atoms with Crippen LogP contribution < -0.4 is 0 Å². The minimum absolute atomic E-state index is 0.0591. The van der Waals surface area contributed by atoms with Crippen LogP contribution in [-0.4, -0.2) is 16.8 Å². The van der Waals surface area contributed by atoms with Crippen molar-refractivity contribution in [2.24, 2.45) is 0 Å². The molecule has 7 heteroatoms. The average molecular weight is 551 g/mol. The molecule has 0 spiro atoms. The molecule has 0 saturated heterocycles. The van der Waals surface area contributed by atoms with Crippen molar-refractivity contribution in [3.05, 3.63) is 57.6 Å². The summed E-state index contributed by atoms with van der Waals surface area (Å²) in [6, 6.07) is 7.25. The predicted octanol–water partition coefficient (Wildman–Crippen LogP) is 8.52. The Bertz CT molecular complexity index is 1230. The van der Waals surface area contributed by atoms with E-state index in [1.807, 2.05) is 95.2 Å². The Morgan fingerprint density at radius 2 is 0.757 bits per heavy atom. The number of hydrogen-bond donors (Lipinski definition) is 0. The first-order valence-corrected chi connectivity index (χ1v) is 16.2. The maximum atomic E-state index is 13.8.